The number of aliphatic hydroxyl groups excluding tert-OH is 1. The molecule has 0 atom stereocenters. The van der Waals surface area contributed by atoms with E-state index >= 15 is 0 Å². The minimum atomic E-state index is -0.148. The summed E-state index contributed by atoms with van der Waals surface area (Å²) in [6.07, 6.45) is 5.25. The quantitative estimate of drug-likeness (QED) is 0.898. The second-order valence-corrected chi connectivity index (χ2v) is 5.24. The standard InChI is InChI=1S/C15H19N3O2/c1-20-13-4-2-3-10-9-16-15(18-14(10)13)17-11-5-7-12(19)8-6-11/h2-4,9,11-12,19H,5-8H2,1H3,(H,16,17,18). The second kappa shape index (κ2) is 5.63. The van der Waals surface area contributed by atoms with Gasteiger partial charge < -0.3 is 15.2 Å². The van der Waals surface area contributed by atoms with Crippen LogP contribution in [0.4, 0.5) is 5.95 Å². The molecule has 2 N–H and O–H groups in total. The van der Waals surface area contributed by atoms with Crippen LogP contribution in [-0.2, 0) is 0 Å². The first kappa shape index (κ1) is 13.1. The Morgan fingerprint density at radius 3 is 2.80 bits per heavy atom. The number of benzene rings is 1. The van der Waals surface area contributed by atoms with Crippen molar-refractivity contribution in [3.8, 4) is 5.75 Å². The molecule has 3 rings (SSSR count). The molecule has 1 aromatic heterocycles. The fourth-order valence-corrected chi connectivity index (χ4v) is 2.67. The van der Waals surface area contributed by atoms with Crippen LogP contribution >= 0.6 is 0 Å². The summed E-state index contributed by atoms with van der Waals surface area (Å²) in [4.78, 5) is 8.90. The molecule has 5 nitrogen and oxygen atoms in total. The summed E-state index contributed by atoms with van der Waals surface area (Å²) >= 11 is 0. The second-order valence-electron chi connectivity index (χ2n) is 5.24. The van der Waals surface area contributed by atoms with Crippen LogP contribution in [0.2, 0.25) is 0 Å². The Labute approximate surface area is 118 Å². The molecule has 20 heavy (non-hydrogen) atoms. The van der Waals surface area contributed by atoms with Gasteiger partial charge in [-0.05, 0) is 31.7 Å². The summed E-state index contributed by atoms with van der Waals surface area (Å²) in [6, 6.07) is 6.14. The molecule has 1 heterocycles. The van der Waals surface area contributed by atoms with E-state index in [4.69, 9.17) is 4.74 Å². The molecule has 1 aromatic carbocycles. The summed E-state index contributed by atoms with van der Waals surface area (Å²) in [6.45, 7) is 0. The molecule has 1 fully saturated rings. The fourth-order valence-electron chi connectivity index (χ4n) is 2.67. The molecule has 106 valence electrons. The van der Waals surface area contributed by atoms with Gasteiger partial charge in [0.2, 0.25) is 5.95 Å². The van der Waals surface area contributed by atoms with E-state index in [0.29, 0.717) is 12.0 Å². The van der Waals surface area contributed by atoms with Crippen LogP contribution < -0.4 is 10.1 Å². The first-order chi connectivity index (χ1) is 9.76. The van der Waals surface area contributed by atoms with E-state index in [0.717, 1.165) is 42.3 Å². The monoisotopic (exact) mass is 273 g/mol. The van der Waals surface area contributed by atoms with Crippen LogP contribution in [0, 0.1) is 0 Å². The Morgan fingerprint density at radius 2 is 2.05 bits per heavy atom. The topological polar surface area (TPSA) is 67.3 Å². The SMILES string of the molecule is COc1cccc2cnc(NC3CCC(O)CC3)nc12. The molecule has 1 aliphatic rings. The van der Waals surface area contributed by atoms with E-state index in [1.165, 1.54) is 0 Å². The molecule has 2 aromatic rings. The zero-order chi connectivity index (χ0) is 13.9. The lowest BCUT2D eigenvalue weighted by atomic mass is 9.93. The van der Waals surface area contributed by atoms with Gasteiger partial charge in [-0.2, -0.15) is 0 Å². The van der Waals surface area contributed by atoms with Crippen molar-refractivity contribution in [1.29, 1.82) is 0 Å². The molecule has 0 bridgehead atoms. The third-order valence-electron chi connectivity index (χ3n) is 3.82. The molecule has 5 heteroatoms. The summed E-state index contributed by atoms with van der Waals surface area (Å²) in [5.74, 6) is 1.38. The van der Waals surface area contributed by atoms with E-state index in [9.17, 15) is 5.11 Å². The highest BCUT2D eigenvalue weighted by Crippen LogP contribution is 2.25. The lowest BCUT2D eigenvalue weighted by Crippen LogP contribution is -2.28. The molecule has 1 saturated carbocycles. The van der Waals surface area contributed by atoms with Crippen LogP contribution in [-0.4, -0.2) is 34.3 Å². The lowest BCUT2D eigenvalue weighted by molar-refractivity contribution is 0.126. The number of aliphatic hydroxyl groups is 1. The predicted molar refractivity (Wildman–Crippen MR) is 78.0 cm³/mol. The van der Waals surface area contributed by atoms with Gasteiger partial charge in [0.25, 0.3) is 0 Å². The van der Waals surface area contributed by atoms with Gasteiger partial charge in [-0.3, -0.25) is 0 Å². The molecule has 0 spiro atoms. The van der Waals surface area contributed by atoms with Gasteiger partial charge in [0.15, 0.2) is 0 Å². The van der Waals surface area contributed by atoms with Crippen molar-refractivity contribution in [1.82, 2.24) is 9.97 Å². The van der Waals surface area contributed by atoms with Crippen molar-refractivity contribution in [2.75, 3.05) is 12.4 Å². The number of para-hydroxylation sites is 1. The van der Waals surface area contributed by atoms with Crippen LogP contribution in [0.15, 0.2) is 24.4 Å². The van der Waals surface area contributed by atoms with E-state index in [1.807, 2.05) is 24.4 Å². The molecule has 0 saturated heterocycles. The van der Waals surface area contributed by atoms with E-state index in [-0.39, 0.29) is 6.10 Å². The van der Waals surface area contributed by atoms with Crippen LogP contribution in [0.25, 0.3) is 10.9 Å². The summed E-state index contributed by atoms with van der Waals surface area (Å²) in [5, 5.41) is 13.8. The van der Waals surface area contributed by atoms with E-state index < -0.39 is 0 Å². The predicted octanol–water partition coefficient (Wildman–Crippen LogP) is 2.35. The smallest absolute Gasteiger partial charge is 0.223 e. The molecule has 1 aliphatic carbocycles. The number of hydrogen-bond donors (Lipinski definition) is 2. The van der Waals surface area contributed by atoms with Crippen molar-refractivity contribution < 1.29 is 9.84 Å². The molecule has 0 radical (unpaired) electrons. The normalized spacial score (nSPS) is 22.7. The largest absolute Gasteiger partial charge is 0.494 e. The number of aromatic nitrogens is 2. The Balaban J connectivity index is 1.82. The molecule has 0 amide bonds. The van der Waals surface area contributed by atoms with Gasteiger partial charge in [-0.25, -0.2) is 9.97 Å². The highest BCUT2D eigenvalue weighted by atomic mass is 16.5. The zero-order valence-corrected chi connectivity index (χ0v) is 11.5. The van der Waals surface area contributed by atoms with Crippen molar-refractivity contribution >= 4 is 16.9 Å². The highest BCUT2D eigenvalue weighted by Gasteiger charge is 2.20. The minimum Gasteiger partial charge on any atom is -0.494 e. The first-order valence-electron chi connectivity index (χ1n) is 7.00. The molecular weight excluding hydrogens is 254 g/mol. The number of rotatable bonds is 3. The average Bonchev–Trinajstić information content (AvgIpc) is 2.49. The van der Waals surface area contributed by atoms with Gasteiger partial charge in [0, 0.05) is 17.6 Å². The Morgan fingerprint density at radius 1 is 1.25 bits per heavy atom. The Bertz CT molecular complexity index is 595. The lowest BCUT2D eigenvalue weighted by Gasteiger charge is -2.26. The zero-order valence-electron chi connectivity index (χ0n) is 11.5. The van der Waals surface area contributed by atoms with Gasteiger partial charge >= 0.3 is 0 Å². The molecule has 0 unspecified atom stereocenters. The van der Waals surface area contributed by atoms with Gasteiger partial charge in [-0.15, -0.1) is 0 Å². The number of nitrogens with zero attached hydrogens (tertiary/aromatic N) is 2. The van der Waals surface area contributed by atoms with Crippen molar-refractivity contribution in [2.24, 2.45) is 0 Å². The average molecular weight is 273 g/mol. The van der Waals surface area contributed by atoms with Crippen molar-refractivity contribution in [3.05, 3.63) is 24.4 Å². The third-order valence-corrected chi connectivity index (χ3v) is 3.82. The third kappa shape index (κ3) is 2.67. The van der Waals surface area contributed by atoms with Crippen LogP contribution in [0.1, 0.15) is 25.7 Å². The highest BCUT2D eigenvalue weighted by molar-refractivity contribution is 5.84. The Hall–Kier alpha value is -1.88. The summed E-state index contributed by atoms with van der Waals surface area (Å²) < 4.78 is 5.34. The number of nitrogens with one attached hydrogen (secondary N) is 1. The number of ether oxygens (including phenoxy) is 1. The number of fused-ring (bicyclic) bond motifs is 1. The van der Waals surface area contributed by atoms with Crippen LogP contribution in [0.5, 0.6) is 5.75 Å². The van der Waals surface area contributed by atoms with E-state index in [2.05, 4.69) is 15.3 Å². The maximum atomic E-state index is 9.53. The number of anilines is 1. The van der Waals surface area contributed by atoms with Crippen molar-refractivity contribution in [3.63, 3.8) is 0 Å². The minimum absolute atomic E-state index is 0.148. The number of methoxy groups -OCH3 is 1. The molecular formula is C15H19N3O2. The van der Waals surface area contributed by atoms with E-state index in [1.54, 1.807) is 7.11 Å². The first-order valence-corrected chi connectivity index (χ1v) is 7.00. The summed E-state index contributed by atoms with van der Waals surface area (Å²) in [5.41, 5.74) is 0.823. The maximum Gasteiger partial charge on any atom is 0.223 e. The van der Waals surface area contributed by atoms with Gasteiger partial charge in [-0.1, -0.05) is 12.1 Å². The maximum absolute atomic E-state index is 9.53. The fraction of sp³-hybridized carbons (Fsp3) is 0.467. The number of hydrogen-bond acceptors (Lipinski definition) is 5. The van der Waals surface area contributed by atoms with Crippen LogP contribution in [0.3, 0.4) is 0 Å². The van der Waals surface area contributed by atoms with Gasteiger partial charge in [0.1, 0.15) is 11.3 Å². The van der Waals surface area contributed by atoms with Crippen molar-refractivity contribution in [2.45, 2.75) is 37.8 Å². The molecule has 0 aliphatic heterocycles. The Kier molecular flexibility index (Phi) is 3.69. The summed E-state index contributed by atoms with van der Waals surface area (Å²) in [7, 11) is 1.65. The van der Waals surface area contributed by atoms with Gasteiger partial charge in [0.05, 0.1) is 13.2 Å².